The molecule has 3 N–H and O–H groups in total. The lowest BCUT2D eigenvalue weighted by Gasteiger charge is -2.13. The number of amides is 1. The summed E-state index contributed by atoms with van der Waals surface area (Å²) in [6.07, 6.45) is 1.59. The van der Waals surface area contributed by atoms with Crippen molar-refractivity contribution >= 4 is 23.5 Å². The second-order valence-corrected chi connectivity index (χ2v) is 7.19. The average Bonchev–Trinajstić information content (AvgIpc) is 3.11. The Morgan fingerprint density at radius 1 is 1.18 bits per heavy atom. The van der Waals surface area contributed by atoms with Gasteiger partial charge in [-0.05, 0) is 43.5 Å². The first-order valence-electron chi connectivity index (χ1n) is 8.92. The van der Waals surface area contributed by atoms with Gasteiger partial charge < -0.3 is 19.6 Å². The van der Waals surface area contributed by atoms with Crippen molar-refractivity contribution in [2.75, 3.05) is 4.72 Å². The Balaban J connectivity index is 1.61. The predicted octanol–water partition coefficient (Wildman–Crippen LogP) is 2.76. The molecule has 0 bridgehead atoms. The van der Waals surface area contributed by atoms with Crippen molar-refractivity contribution in [3.63, 3.8) is 0 Å². The van der Waals surface area contributed by atoms with Crippen molar-refractivity contribution in [3.8, 4) is 0 Å². The molecule has 7 nitrogen and oxygen atoms in total. The number of H-pyrrole nitrogens is 1. The Morgan fingerprint density at radius 3 is 2.68 bits per heavy atom. The third kappa shape index (κ3) is 5.04. The van der Waals surface area contributed by atoms with E-state index in [0.29, 0.717) is 12.2 Å². The quantitative estimate of drug-likeness (QED) is 0.509. The van der Waals surface area contributed by atoms with Gasteiger partial charge in [0.05, 0.1) is 18.6 Å². The average molecular weight is 398 g/mol. The van der Waals surface area contributed by atoms with Crippen LogP contribution < -0.4 is 15.6 Å². The number of hydrogen-bond donors (Lipinski definition) is 3. The summed E-state index contributed by atoms with van der Waals surface area (Å²) in [4.78, 5) is 32.2. The van der Waals surface area contributed by atoms with Crippen LogP contribution in [0.5, 0.6) is 0 Å². The third-order valence-corrected chi connectivity index (χ3v) is 5.19. The Labute approximate surface area is 167 Å². The zero-order chi connectivity index (χ0) is 19.9. The lowest BCUT2D eigenvalue weighted by Crippen LogP contribution is -2.33. The molecule has 28 heavy (non-hydrogen) atoms. The molecule has 146 valence electrons. The van der Waals surface area contributed by atoms with Crippen molar-refractivity contribution in [2.45, 2.75) is 32.7 Å². The zero-order valence-electron chi connectivity index (χ0n) is 15.9. The second kappa shape index (κ2) is 9.27. The summed E-state index contributed by atoms with van der Waals surface area (Å²) in [6, 6.07) is 13.6. The van der Waals surface area contributed by atoms with Gasteiger partial charge in [-0.2, -0.15) is 0 Å². The number of hydrogen-bond acceptors (Lipinski definition) is 5. The van der Waals surface area contributed by atoms with Crippen molar-refractivity contribution < 1.29 is 4.79 Å². The number of aromatic amines is 1. The summed E-state index contributed by atoms with van der Waals surface area (Å²) in [5.74, 6) is 0.499. The molecular formula is C20H23N5O2S. The number of benzene rings is 1. The largest absolute Gasteiger partial charge is 0.349 e. The molecule has 1 amide bonds. The molecule has 8 heteroatoms. The first kappa shape index (κ1) is 19.8. The molecule has 0 radical (unpaired) electrons. The van der Waals surface area contributed by atoms with E-state index in [1.54, 1.807) is 12.4 Å². The molecule has 0 saturated carbocycles. The van der Waals surface area contributed by atoms with Gasteiger partial charge in [-0.25, -0.2) is 4.98 Å². The molecule has 0 fully saturated rings. The molecule has 1 aromatic carbocycles. The number of pyridine rings is 1. The van der Waals surface area contributed by atoms with Gasteiger partial charge in [-0.3, -0.25) is 9.59 Å². The maximum absolute atomic E-state index is 12.7. The van der Waals surface area contributed by atoms with Gasteiger partial charge in [0.25, 0.3) is 5.56 Å². The molecule has 0 atom stereocenters. The van der Waals surface area contributed by atoms with Crippen LogP contribution in [0.3, 0.4) is 0 Å². The number of rotatable bonds is 8. The van der Waals surface area contributed by atoms with Gasteiger partial charge >= 0.3 is 0 Å². The minimum absolute atomic E-state index is 0.0347. The number of anilines is 1. The summed E-state index contributed by atoms with van der Waals surface area (Å²) < 4.78 is 4.57. The highest BCUT2D eigenvalue weighted by atomic mass is 32.2. The van der Waals surface area contributed by atoms with E-state index in [2.05, 4.69) is 20.0 Å². The van der Waals surface area contributed by atoms with Crippen LogP contribution in [0.15, 0.2) is 53.6 Å². The molecular weight excluding hydrogens is 374 g/mol. The van der Waals surface area contributed by atoms with E-state index in [1.807, 2.05) is 50.2 Å². The fraction of sp³-hybridized carbons (Fsp3) is 0.250. The van der Waals surface area contributed by atoms with Gasteiger partial charge in [0.15, 0.2) is 0 Å². The van der Waals surface area contributed by atoms with Crippen LogP contribution in [-0.4, -0.2) is 20.4 Å². The minimum Gasteiger partial charge on any atom is -0.349 e. The van der Waals surface area contributed by atoms with Crippen molar-refractivity contribution in [3.05, 3.63) is 81.8 Å². The minimum atomic E-state index is -0.235. The van der Waals surface area contributed by atoms with Gasteiger partial charge in [0.1, 0.15) is 12.2 Å². The maximum Gasteiger partial charge on any atom is 0.275 e. The normalized spacial score (nSPS) is 10.6. The standard InChI is InChI=1S/C20H23N5O2S/c1-14-8-9-17(24-28-12-16-6-4-3-5-7-16)20(27)25(14)11-19(26)21-10-18-15(2)22-13-23-18/h3-9,13,24H,10-12H2,1-2H3,(H,21,26)(H,22,23). The van der Waals surface area contributed by atoms with Crippen molar-refractivity contribution in [1.29, 1.82) is 0 Å². The van der Waals surface area contributed by atoms with E-state index in [9.17, 15) is 9.59 Å². The van der Waals surface area contributed by atoms with Gasteiger partial charge in [0, 0.05) is 17.1 Å². The maximum atomic E-state index is 12.7. The number of carbonyl (C=O) groups excluding carboxylic acids is 1. The van der Waals surface area contributed by atoms with Crippen LogP contribution in [0.2, 0.25) is 0 Å². The number of aryl methyl sites for hydroxylation is 2. The van der Waals surface area contributed by atoms with E-state index in [-0.39, 0.29) is 18.0 Å². The molecule has 0 aliphatic carbocycles. The number of nitrogens with zero attached hydrogens (tertiary/aromatic N) is 2. The van der Waals surface area contributed by atoms with Crippen molar-refractivity contribution in [1.82, 2.24) is 19.9 Å². The number of nitrogens with one attached hydrogen (secondary N) is 3. The van der Waals surface area contributed by atoms with Gasteiger partial charge in [0.2, 0.25) is 5.91 Å². The Morgan fingerprint density at radius 2 is 1.96 bits per heavy atom. The lowest BCUT2D eigenvalue weighted by molar-refractivity contribution is -0.121. The highest BCUT2D eigenvalue weighted by Gasteiger charge is 2.11. The summed E-state index contributed by atoms with van der Waals surface area (Å²) >= 11 is 1.44. The summed E-state index contributed by atoms with van der Waals surface area (Å²) in [6.45, 7) is 4.00. The van der Waals surface area contributed by atoms with Crippen LogP contribution in [0, 0.1) is 13.8 Å². The summed E-state index contributed by atoms with van der Waals surface area (Å²) in [5.41, 5.74) is 3.84. The number of carbonyl (C=O) groups is 1. The number of aromatic nitrogens is 3. The number of imidazole rings is 1. The first-order chi connectivity index (χ1) is 13.5. The Kier molecular flexibility index (Phi) is 6.54. The second-order valence-electron chi connectivity index (χ2n) is 6.41. The molecule has 0 aliphatic rings. The van der Waals surface area contributed by atoms with Gasteiger partial charge in [-0.15, -0.1) is 0 Å². The van der Waals surface area contributed by atoms with E-state index < -0.39 is 0 Å². The fourth-order valence-electron chi connectivity index (χ4n) is 2.66. The van der Waals surface area contributed by atoms with Crippen molar-refractivity contribution in [2.24, 2.45) is 0 Å². The molecule has 0 spiro atoms. The van der Waals surface area contributed by atoms with Crippen LogP contribution in [0.25, 0.3) is 0 Å². The zero-order valence-corrected chi connectivity index (χ0v) is 16.7. The SMILES string of the molecule is Cc1[nH]cnc1CNC(=O)Cn1c(C)ccc(NSCc2ccccc2)c1=O. The summed E-state index contributed by atoms with van der Waals surface area (Å²) in [7, 11) is 0. The van der Waals surface area contributed by atoms with Gasteiger partial charge in [-0.1, -0.05) is 30.3 Å². The molecule has 2 aromatic heterocycles. The smallest absolute Gasteiger partial charge is 0.275 e. The highest BCUT2D eigenvalue weighted by Crippen LogP contribution is 2.14. The predicted molar refractivity (Wildman–Crippen MR) is 112 cm³/mol. The van der Waals surface area contributed by atoms with Crippen LogP contribution in [0.1, 0.15) is 22.6 Å². The molecule has 3 rings (SSSR count). The van der Waals surface area contributed by atoms with Crippen LogP contribution >= 0.6 is 11.9 Å². The third-order valence-electron chi connectivity index (χ3n) is 4.35. The molecule has 2 heterocycles. The van der Waals surface area contributed by atoms with E-state index in [1.165, 1.54) is 22.1 Å². The first-order valence-corrected chi connectivity index (χ1v) is 9.91. The Bertz CT molecular complexity index is 997. The van der Waals surface area contributed by atoms with E-state index in [4.69, 9.17) is 0 Å². The molecule has 3 aromatic rings. The van der Waals surface area contributed by atoms with Crippen LogP contribution in [0.4, 0.5) is 5.69 Å². The van der Waals surface area contributed by atoms with E-state index >= 15 is 0 Å². The van der Waals surface area contributed by atoms with Crippen LogP contribution in [-0.2, 0) is 23.6 Å². The molecule has 0 saturated heterocycles. The topological polar surface area (TPSA) is 91.8 Å². The molecule has 0 aliphatic heterocycles. The van der Waals surface area contributed by atoms with E-state index in [0.717, 1.165) is 22.8 Å². The molecule has 0 unspecified atom stereocenters. The lowest BCUT2D eigenvalue weighted by atomic mass is 10.2. The fourth-order valence-corrected chi connectivity index (χ4v) is 3.41. The Hall–Kier alpha value is -3.00. The summed E-state index contributed by atoms with van der Waals surface area (Å²) in [5, 5.41) is 2.81. The highest BCUT2D eigenvalue weighted by molar-refractivity contribution is 7.99. The monoisotopic (exact) mass is 397 g/mol.